The van der Waals surface area contributed by atoms with Gasteiger partial charge in [0.05, 0.1) is 24.2 Å². The Morgan fingerprint density at radius 1 is 1.11 bits per heavy atom. The summed E-state index contributed by atoms with van der Waals surface area (Å²) >= 11 is 0. The average Bonchev–Trinajstić information content (AvgIpc) is 3.54. The van der Waals surface area contributed by atoms with Gasteiger partial charge in [-0.25, -0.2) is 9.98 Å². The van der Waals surface area contributed by atoms with Crippen LogP contribution < -0.4 is 0 Å². The zero-order chi connectivity index (χ0) is 24.2. The highest BCUT2D eigenvalue weighted by molar-refractivity contribution is 5.86. The van der Waals surface area contributed by atoms with Crippen LogP contribution in [0.4, 0.5) is 0 Å². The third kappa shape index (κ3) is 4.81. The summed E-state index contributed by atoms with van der Waals surface area (Å²) in [7, 11) is 1.40. The number of hydrogen-bond acceptors (Lipinski definition) is 5. The Morgan fingerprint density at radius 3 is 2.66 bits per heavy atom. The van der Waals surface area contributed by atoms with Crippen molar-refractivity contribution in [2.24, 2.45) is 4.99 Å². The molecule has 0 radical (unpaired) electrons. The third-order valence-electron chi connectivity index (χ3n) is 6.44. The molecular weight excluding hydrogens is 440 g/mol. The zero-order valence-electron chi connectivity index (χ0n) is 19.8. The molecule has 2 atom stereocenters. The fourth-order valence-electron chi connectivity index (χ4n) is 4.64. The topological polar surface area (TPSA) is 79.8 Å². The number of benzene rings is 3. The van der Waals surface area contributed by atoms with Crippen LogP contribution in [-0.4, -0.2) is 40.8 Å². The number of likely N-dealkylation sites (tertiary alicyclic amines) is 1. The number of nitrogens with zero attached hydrogens (tertiary/aromatic N) is 3. The molecule has 178 valence electrons. The van der Waals surface area contributed by atoms with Crippen LogP contribution >= 0.6 is 0 Å². The van der Waals surface area contributed by atoms with E-state index >= 15 is 0 Å². The van der Waals surface area contributed by atoms with Gasteiger partial charge in [0.1, 0.15) is 5.82 Å². The predicted octanol–water partition coefficient (Wildman–Crippen LogP) is 5.55. The monoisotopic (exact) mass is 468 g/mol. The Hall–Kier alpha value is -3.97. The van der Waals surface area contributed by atoms with Crippen molar-refractivity contribution < 1.29 is 14.6 Å². The molecule has 2 heterocycles. The molecule has 1 aliphatic heterocycles. The number of fused-ring (bicyclic) bond motifs is 1. The normalized spacial score (nSPS) is 16.7. The molecule has 0 saturated carbocycles. The molecule has 1 N–H and O–H groups in total. The Morgan fingerprint density at radius 2 is 1.89 bits per heavy atom. The molecule has 1 unspecified atom stereocenters. The smallest absolute Gasteiger partial charge is 0.252 e. The van der Waals surface area contributed by atoms with Crippen molar-refractivity contribution in [1.82, 2.24) is 14.9 Å². The number of carbonyl (C=O) groups is 1. The van der Waals surface area contributed by atoms with Gasteiger partial charge in [-0.2, -0.15) is 4.89 Å². The maximum atomic E-state index is 13.7. The van der Waals surface area contributed by atoms with E-state index in [1.165, 1.54) is 19.1 Å². The minimum Gasteiger partial charge on any atom is -0.340 e. The summed E-state index contributed by atoms with van der Waals surface area (Å²) in [5.74, 6) is 0.714. The lowest BCUT2D eigenvalue weighted by Gasteiger charge is -2.26. The maximum absolute atomic E-state index is 13.7. The fourth-order valence-corrected chi connectivity index (χ4v) is 4.64. The second-order valence-corrected chi connectivity index (χ2v) is 8.74. The summed E-state index contributed by atoms with van der Waals surface area (Å²) in [6, 6.07) is 23.4. The van der Waals surface area contributed by atoms with Gasteiger partial charge in [-0.3, -0.25) is 4.79 Å². The summed E-state index contributed by atoms with van der Waals surface area (Å²) in [5.41, 5.74) is 6.17. The molecule has 4 aromatic rings. The van der Waals surface area contributed by atoms with Gasteiger partial charge in [-0.05, 0) is 48.6 Å². The molecule has 7 nitrogen and oxygen atoms in total. The number of aromatic amines is 1. The van der Waals surface area contributed by atoms with Crippen molar-refractivity contribution >= 4 is 23.3 Å². The molecule has 5 rings (SSSR count). The number of rotatable bonds is 7. The van der Waals surface area contributed by atoms with Crippen molar-refractivity contribution in [3.05, 3.63) is 89.7 Å². The number of nitrogens with one attached hydrogen (secondary N) is 1. The lowest BCUT2D eigenvalue weighted by atomic mass is 10.0. The highest BCUT2D eigenvalue weighted by Crippen LogP contribution is 2.35. The highest BCUT2D eigenvalue weighted by Gasteiger charge is 2.36. The number of aliphatic imine (C=N–C) groups is 1. The molecule has 7 heteroatoms. The molecule has 0 bridgehead atoms. The largest absolute Gasteiger partial charge is 0.340 e. The molecule has 1 saturated heterocycles. The molecule has 0 spiro atoms. The molecule has 35 heavy (non-hydrogen) atoms. The second kappa shape index (κ2) is 10.1. The van der Waals surface area contributed by atoms with Gasteiger partial charge in [0.25, 0.3) is 5.91 Å². The number of H-pyrrole nitrogens is 1. The molecular formula is C28H28N4O3. The van der Waals surface area contributed by atoms with Crippen LogP contribution in [0.2, 0.25) is 0 Å². The van der Waals surface area contributed by atoms with Crippen molar-refractivity contribution in [2.45, 2.75) is 31.8 Å². The molecule has 0 aliphatic carbocycles. The number of amides is 1. The summed E-state index contributed by atoms with van der Waals surface area (Å²) in [6.45, 7) is 2.74. The first kappa shape index (κ1) is 22.8. The van der Waals surface area contributed by atoms with Crippen molar-refractivity contribution in [2.75, 3.05) is 13.7 Å². The zero-order valence-corrected chi connectivity index (χ0v) is 19.8. The van der Waals surface area contributed by atoms with E-state index in [0.717, 1.165) is 46.4 Å². The van der Waals surface area contributed by atoms with Gasteiger partial charge in [0.15, 0.2) is 6.04 Å². The van der Waals surface area contributed by atoms with Gasteiger partial charge in [-0.15, -0.1) is 0 Å². The van der Waals surface area contributed by atoms with E-state index in [1.54, 1.807) is 0 Å². The highest BCUT2D eigenvalue weighted by atomic mass is 17.2. The van der Waals surface area contributed by atoms with Gasteiger partial charge < -0.3 is 14.8 Å². The van der Waals surface area contributed by atoms with Gasteiger partial charge in [0.2, 0.25) is 6.40 Å². The van der Waals surface area contributed by atoms with Crippen molar-refractivity contribution in [1.29, 1.82) is 0 Å². The van der Waals surface area contributed by atoms with Gasteiger partial charge in [-0.1, -0.05) is 66.2 Å². The lowest BCUT2D eigenvalue weighted by Crippen LogP contribution is -2.34. The molecule has 1 aromatic heterocycles. The fraction of sp³-hybridized carbons (Fsp3) is 0.250. The Kier molecular flexibility index (Phi) is 6.59. The van der Waals surface area contributed by atoms with E-state index in [2.05, 4.69) is 58.2 Å². The predicted molar refractivity (Wildman–Crippen MR) is 136 cm³/mol. The summed E-state index contributed by atoms with van der Waals surface area (Å²) < 4.78 is 0. The van der Waals surface area contributed by atoms with E-state index in [0.29, 0.717) is 6.54 Å². The second-order valence-electron chi connectivity index (χ2n) is 8.74. The van der Waals surface area contributed by atoms with Crippen LogP contribution in [0.15, 0.2) is 77.8 Å². The van der Waals surface area contributed by atoms with Gasteiger partial charge >= 0.3 is 0 Å². The number of aromatic nitrogens is 2. The van der Waals surface area contributed by atoms with E-state index in [1.807, 2.05) is 41.3 Å². The Bertz CT molecular complexity index is 1330. The van der Waals surface area contributed by atoms with Gasteiger partial charge in [0, 0.05) is 6.54 Å². The Balaban J connectivity index is 1.43. The standard InChI is InChI=1S/C28H28N4O3/c1-19-10-12-20(13-11-19)22-14-15-23-24(17-22)31-27(30-23)25-9-6-16-32(25)28(33)26(29-18-35-34-2)21-7-4-3-5-8-21/h3-5,7-8,10-15,17-18,25-26H,6,9,16H2,1-2H3,(H,30,31)/t25-,26?/m0/s1. The summed E-state index contributed by atoms with van der Waals surface area (Å²) in [6.07, 6.45) is 2.92. The average molecular weight is 469 g/mol. The van der Waals surface area contributed by atoms with E-state index in [-0.39, 0.29) is 11.9 Å². The Labute approximate surface area is 204 Å². The van der Waals surface area contributed by atoms with Crippen LogP contribution in [0.5, 0.6) is 0 Å². The number of carbonyl (C=O) groups excluding carboxylic acids is 1. The summed E-state index contributed by atoms with van der Waals surface area (Å²) in [4.78, 5) is 37.7. The molecule has 1 aliphatic rings. The van der Waals surface area contributed by atoms with Crippen LogP contribution in [-0.2, 0) is 14.6 Å². The molecule has 1 amide bonds. The first-order valence-electron chi connectivity index (χ1n) is 11.8. The summed E-state index contributed by atoms with van der Waals surface area (Å²) in [5, 5.41) is 0. The SMILES string of the molecule is COOC=NC(C(=O)N1CCC[C@H]1c1nc2ccc(-c3ccc(C)cc3)cc2[nH]1)c1ccccc1. The first-order valence-corrected chi connectivity index (χ1v) is 11.8. The number of imidazole rings is 1. The quantitative estimate of drug-likeness (QED) is 0.167. The van der Waals surface area contributed by atoms with E-state index < -0.39 is 6.04 Å². The minimum atomic E-state index is -0.718. The van der Waals surface area contributed by atoms with Crippen LogP contribution in [0.3, 0.4) is 0 Å². The number of hydrogen-bond donors (Lipinski definition) is 1. The molecule has 3 aromatic carbocycles. The van der Waals surface area contributed by atoms with Crippen molar-refractivity contribution in [3.8, 4) is 11.1 Å². The maximum Gasteiger partial charge on any atom is 0.252 e. The minimum absolute atomic E-state index is 0.0875. The lowest BCUT2D eigenvalue weighted by molar-refractivity contribution is -0.188. The van der Waals surface area contributed by atoms with E-state index in [9.17, 15) is 4.79 Å². The van der Waals surface area contributed by atoms with Crippen molar-refractivity contribution in [3.63, 3.8) is 0 Å². The number of aryl methyl sites for hydroxylation is 1. The third-order valence-corrected chi connectivity index (χ3v) is 6.44. The van der Waals surface area contributed by atoms with Crippen LogP contribution in [0, 0.1) is 6.92 Å². The van der Waals surface area contributed by atoms with Crippen LogP contribution in [0.25, 0.3) is 22.2 Å². The first-order chi connectivity index (χ1) is 17.1. The van der Waals surface area contributed by atoms with E-state index in [4.69, 9.17) is 9.87 Å². The molecule has 1 fully saturated rings. The van der Waals surface area contributed by atoms with Crippen LogP contribution in [0.1, 0.15) is 41.9 Å².